The summed E-state index contributed by atoms with van der Waals surface area (Å²) in [5.74, 6) is 1.35. The highest BCUT2D eigenvalue weighted by Crippen LogP contribution is 2.30. The Balaban J connectivity index is 1.85. The lowest BCUT2D eigenvalue weighted by Crippen LogP contribution is -2.37. The van der Waals surface area contributed by atoms with Crippen molar-refractivity contribution < 1.29 is 13.2 Å². The number of para-hydroxylation sites is 2. The van der Waals surface area contributed by atoms with Crippen molar-refractivity contribution in [1.29, 1.82) is 0 Å². The zero-order chi connectivity index (χ0) is 17.2. The van der Waals surface area contributed by atoms with Gasteiger partial charge in [0.05, 0.1) is 23.9 Å². The van der Waals surface area contributed by atoms with Crippen LogP contribution in [-0.4, -0.2) is 54.8 Å². The van der Waals surface area contributed by atoms with Crippen LogP contribution in [0.3, 0.4) is 0 Å². The molecule has 0 aliphatic carbocycles. The predicted octanol–water partition coefficient (Wildman–Crippen LogP) is 2.21. The first kappa shape index (κ1) is 17.4. The van der Waals surface area contributed by atoms with E-state index in [1.54, 1.807) is 4.31 Å². The topological polar surface area (TPSA) is 64.4 Å². The summed E-state index contributed by atoms with van der Waals surface area (Å²) < 4.78 is 32.7. The lowest BCUT2D eigenvalue weighted by Gasteiger charge is -2.30. The second-order valence-corrected chi connectivity index (χ2v) is 8.23. The van der Waals surface area contributed by atoms with Gasteiger partial charge in [0, 0.05) is 32.2 Å². The number of sulfonamides is 1. The molecule has 7 heteroatoms. The third kappa shape index (κ3) is 3.63. The molecule has 0 amide bonds. The summed E-state index contributed by atoms with van der Waals surface area (Å²) in [6.45, 7) is 5.26. The Kier molecular flexibility index (Phi) is 5.22. The van der Waals surface area contributed by atoms with Gasteiger partial charge in [0.2, 0.25) is 10.0 Å². The average Bonchev–Trinajstić information content (AvgIpc) is 2.93. The number of hydrogen-bond donors (Lipinski definition) is 0. The van der Waals surface area contributed by atoms with Gasteiger partial charge in [0.1, 0.15) is 5.82 Å². The Morgan fingerprint density at radius 2 is 1.96 bits per heavy atom. The summed E-state index contributed by atoms with van der Waals surface area (Å²) in [6, 6.07) is 8.14. The molecule has 6 nitrogen and oxygen atoms in total. The fraction of sp³-hybridized carbons (Fsp3) is 0.588. The van der Waals surface area contributed by atoms with Gasteiger partial charge >= 0.3 is 0 Å². The quantitative estimate of drug-likeness (QED) is 0.749. The molecular weight excluding hydrogens is 326 g/mol. The summed E-state index contributed by atoms with van der Waals surface area (Å²) in [6.07, 6.45) is 2.90. The minimum Gasteiger partial charge on any atom is -0.380 e. The average molecular weight is 351 g/mol. The van der Waals surface area contributed by atoms with Crippen molar-refractivity contribution in [3.63, 3.8) is 0 Å². The number of aromatic nitrogens is 2. The third-order valence-corrected chi connectivity index (χ3v) is 5.94. The molecule has 132 valence electrons. The predicted molar refractivity (Wildman–Crippen MR) is 94.6 cm³/mol. The lowest BCUT2D eigenvalue weighted by atomic mass is 9.97. The maximum atomic E-state index is 11.7. The van der Waals surface area contributed by atoms with Crippen LogP contribution in [0.4, 0.5) is 0 Å². The standard InChI is InChI=1S/C17H25N3O3S/c1-3-23-13-12-20-16-7-5-4-6-15(16)18-17(20)14-8-10-19(11-9-14)24(2,21)22/h4-7,14H,3,8-13H2,1-2H3. The van der Waals surface area contributed by atoms with Crippen LogP contribution in [-0.2, 0) is 21.3 Å². The summed E-state index contributed by atoms with van der Waals surface area (Å²) >= 11 is 0. The van der Waals surface area contributed by atoms with Crippen molar-refractivity contribution in [2.24, 2.45) is 0 Å². The smallest absolute Gasteiger partial charge is 0.211 e. The van der Waals surface area contributed by atoms with E-state index in [-0.39, 0.29) is 5.92 Å². The molecule has 0 atom stereocenters. The second-order valence-electron chi connectivity index (χ2n) is 6.24. The molecule has 2 aromatic rings. The lowest BCUT2D eigenvalue weighted by molar-refractivity contribution is 0.138. The molecule has 1 fully saturated rings. The monoisotopic (exact) mass is 351 g/mol. The molecule has 0 N–H and O–H groups in total. The van der Waals surface area contributed by atoms with Gasteiger partial charge in [-0.1, -0.05) is 12.1 Å². The first-order chi connectivity index (χ1) is 11.5. The van der Waals surface area contributed by atoms with Crippen LogP contribution in [0.1, 0.15) is 31.5 Å². The summed E-state index contributed by atoms with van der Waals surface area (Å²) in [5, 5.41) is 0. The first-order valence-electron chi connectivity index (χ1n) is 8.48. The molecule has 1 aromatic heterocycles. The van der Waals surface area contributed by atoms with Crippen molar-refractivity contribution in [2.75, 3.05) is 32.6 Å². The minimum atomic E-state index is -3.10. The number of fused-ring (bicyclic) bond motifs is 1. The van der Waals surface area contributed by atoms with E-state index in [1.807, 2.05) is 25.1 Å². The molecule has 0 spiro atoms. The van der Waals surface area contributed by atoms with Crippen LogP contribution in [0.15, 0.2) is 24.3 Å². The van der Waals surface area contributed by atoms with Crippen molar-refractivity contribution >= 4 is 21.1 Å². The van der Waals surface area contributed by atoms with Gasteiger partial charge in [0.25, 0.3) is 0 Å². The SMILES string of the molecule is CCOCCn1c(C2CCN(S(C)(=O)=O)CC2)nc2ccccc21. The van der Waals surface area contributed by atoms with Crippen molar-refractivity contribution in [3.8, 4) is 0 Å². The number of piperidine rings is 1. The van der Waals surface area contributed by atoms with Crippen molar-refractivity contribution in [2.45, 2.75) is 32.2 Å². The second kappa shape index (κ2) is 7.21. The molecular formula is C17H25N3O3S. The number of hydrogen-bond acceptors (Lipinski definition) is 4. The molecule has 2 heterocycles. The van der Waals surface area contributed by atoms with E-state index in [2.05, 4.69) is 10.6 Å². The molecule has 1 aliphatic heterocycles. The van der Waals surface area contributed by atoms with E-state index >= 15 is 0 Å². The maximum absolute atomic E-state index is 11.7. The molecule has 0 radical (unpaired) electrons. The van der Waals surface area contributed by atoms with E-state index in [4.69, 9.17) is 9.72 Å². The maximum Gasteiger partial charge on any atom is 0.211 e. The van der Waals surface area contributed by atoms with Crippen LogP contribution >= 0.6 is 0 Å². The highest BCUT2D eigenvalue weighted by atomic mass is 32.2. The minimum absolute atomic E-state index is 0.289. The van der Waals surface area contributed by atoms with Crippen LogP contribution in [0, 0.1) is 0 Å². The van der Waals surface area contributed by atoms with Gasteiger partial charge in [0.15, 0.2) is 0 Å². The molecule has 24 heavy (non-hydrogen) atoms. The van der Waals surface area contributed by atoms with Gasteiger partial charge in [-0.05, 0) is 31.9 Å². The van der Waals surface area contributed by atoms with Crippen LogP contribution in [0.2, 0.25) is 0 Å². The first-order valence-corrected chi connectivity index (χ1v) is 10.3. The molecule has 0 unspecified atom stereocenters. The summed E-state index contributed by atoms with van der Waals surface area (Å²) in [7, 11) is -3.10. The van der Waals surface area contributed by atoms with Crippen LogP contribution < -0.4 is 0 Å². The van der Waals surface area contributed by atoms with E-state index in [1.165, 1.54) is 6.26 Å². The highest BCUT2D eigenvalue weighted by molar-refractivity contribution is 7.88. The van der Waals surface area contributed by atoms with Gasteiger partial charge in [-0.15, -0.1) is 0 Å². The van der Waals surface area contributed by atoms with E-state index in [0.29, 0.717) is 26.3 Å². The van der Waals surface area contributed by atoms with Crippen molar-refractivity contribution in [1.82, 2.24) is 13.9 Å². The molecule has 0 bridgehead atoms. The summed E-state index contributed by atoms with van der Waals surface area (Å²) in [5.41, 5.74) is 2.12. The molecule has 0 saturated carbocycles. The fourth-order valence-corrected chi connectivity index (χ4v) is 4.26. The highest BCUT2D eigenvalue weighted by Gasteiger charge is 2.28. The Morgan fingerprint density at radius 3 is 2.62 bits per heavy atom. The van der Waals surface area contributed by atoms with Crippen LogP contribution in [0.5, 0.6) is 0 Å². The largest absolute Gasteiger partial charge is 0.380 e. The Morgan fingerprint density at radius 1 is 1.25 bits per heavy atom. The van der Waals surface area contributed by atoms with Gasteiger partial charge in [-0.2, -0.15) is 0 Å². The molecule has 3 rings (SSSR count). The van der Waals surface area contributed by atoms with E-state index in [9.17, 15) is 8.42 Å². The Labute approximate surface area is 143 Å². The fourth-order valence-electron chi connectivity index (χ4n) is 3.39. The van der Waals surface area contributed by atoms with E-state index in [0.717, 1.165) is 36.2 Å². The van der Waals surface area contributed by atoms with E-state index < -0.39 is 10.0 Å². The Bertz CT molecular complexity index is 793. The number of imidazole rings is 1. The third-order valence-electron chi connectivity index (χ3n) is 4.64. The molecule has 1 saturated heterocycles. The molecule has 1 aromatic carbocycles. The number of ether oxygens (including phenoxy) is 1. The van der Waals surface area contributed by atoms with Crippen LogP contribution in [0.25, 0.3) is 11.0 Å². The number of nitrogens with zero attached hydrogens (tertiary/aromatic N) is 3. The van der Waals surface area contributed by atoms with Gasteiger partial charge < -0.3 is 9.30 Å². The normalized spacial score (nSPS) is 17.6. The Hall–Kier alpha value is -1.44. The zero-order valence-electron chi connectivity index (χ0n) is 14.3. The molecule has 1 aliphatic rings. The van der Waals surface area contributed by atoms with Gasteiger partial charge in [-0.3, -0.25) is 0 Å². The number of benzene rings is 1. The van der Waals surface area contributed by atoms with Crippen molar-refractivity contribution in [3.05, 3.63) is 30.1 Å². The summed E-state index contributed by atoms with van der Waals surface area (Å²) in [4.78, 5) is 4.84. The zero-order valence-corrected chi connectivity index (χ0v) is 15.1. The van der Waals surface area contributed by atoms with Gasteiger partial charge in [-0.25, -0.2) is 17.7 Å². The number of rotatable bonds is 6.